The van der Waals surface area contributed by atoms with Gasteiger partial charge in [0, 0.05) is 6.54 Å². The van der Waals surface area contributed by atoms with Crippen LogP contribution in [0.1, 0.15) is 63.6 Å². The van der Waals surface area contributed by atoms with Gasteiger partial charge in [-0.25, -0.2) is 0 Å². The van der Waals surface area contributed by atoms with Gasteiger partial charge in [0.25, 0.3) is 6.47 Å². The molecule has 1 aliphatic heterocycles. The van der Waals surface area contributed by atoms with Crippen LogP contribution >= 0.6 is 0 Å². The van der Waals surface area contributed by atoms with Crippen LogP contribution in [0.4, 0.5) is 0 Å². The molecule has 0 saturated carbocycles. The number of carbonyl (C=O) groups excluding carboxylic acids is 3. The van der Waals surface area contributed by atoms with E-state index in [1.54, 1.807) is 18.9 Å². The number of likely N-dealkylation sites (tertiary alicyclic amines) is 1. The zero-order valence-corrected chi connectivity index (χ0v) is 20.5. The molecule has 0 aromatic heterocycles. The molecule has 0 spiro atoms. The summed E-state index contributed by atoms with van der Waals surface area (Å²) in [5.41, 5.74) is 2.48. The van der Waals surface area contributed by atoms with Gasteiger partial charge in [-0.05, 0) is 63.1 Å². The highest BCUT2D eigenvalue weighted by Crippen LogP contribution is 2.30. The van der Waals surface area contributed by atoms with Crippen LogP contribution in [0.2, 0.25) is 0 Å². The molecule has 1 saturated heterocycles. The molecule has 1 heterocycles. The number of likely N-dealkylation sites (N-methyl/N-ethyl adjacent to an activating group) is 1. The van der Waals surface area contributed by atoms with Crippen molar-refractivity contribution >= 4 is 24.2 Å². The summed E-state index contributed by atoms with van der Waals surface area (Å²) in [6.07, 6.45) is 4.43. The molecule has 1 fully saturated rings. The maximum Gasteiger partial charge on any atom is 0.290 e. The third-order valence-electron chi connectivity index (χ3n) is 6.58. The van der Waals surface area contributed by atoms with Crippen LogP contribution in [-0.4, -0.2) is 65.9 Å². The molecule has 9 nitrogen and oxygen atoms in total. The van der Waals surface area contributed by atoms with Crippen LogP contribution in [0, 0.1) is 5.92 Å². The topological polar surface area (TPSA) is 128 Å². The fourth-order valence-electron chi connectivity index (χ4n) is 4.58. The number of aryl methyl sites for hydroxylation is 1. The largest absolute Gasteiger partial charge is 0.483 e. The van der Waals surface area contributed by atoms with Gasteiger partial charge in [0.05, 0.1) is 12.1 Å². The average Bonchev–Trinajstić information content (AvgIpc) is 3.32. The number of nitrogens with one attached hydrogen (secondary N) is 3. The van der Waals surface area contributed by atoms with Crippen molar-refractivity contribution in [1.29, 1.82) is 0 Å². The lowest BCUT2D eigenvalue weighted by atomic mass is 9.87. The Balaban J connectivity index is 0.00000129. The molecule has 3 amide bonds. The van der Waals surface area contributed by atoms with Crippen LogP contribution in [0.15, 0.2) is 24.3 Å². The van der Waals surface area contributed by atoms with Gasteiger partial charge in [-0.2, -0.15) is 0 Å². The molecule has 34 heavy (non-hydrogen) atoms. The Morgan fingerprint density at radius 1 is 1.12 bits per heavy atom. The first-order valence-electron chi connectivity index (χ1n) is 12.0. The second-order valence-electron chi connectivity index (χ2n) is 9.19. The summed E-state index contributed by atoms with van der Waals surface area (Å²) in [6.45, 7) is 5.87. The second-order valence-corrected chi connectivity index (χ2v) is 9.19. The molecule has 4 N–H and O–H groups in total. The lowest BCUT2D eigenvalue weighted by Crippen LogP contribution is -2.57. The van der Waals surface area contributed by atoms with E-state index in [1.165, 1.54) is 11.1 Å². The van der Waals surface area contributed by atoms with E-state index in [4.69, 9.17) is 9.90 Å². The molecule has 1 aromatic carbocycles. The molecule has 188 valence electrons. The van der Waals surface area contributed by atoms with E-state index in [-0.39, 0.29) is 36.2 Å². The summed E-state index contributed by atoms with van der Waals surface area (Å²) in [6, 6.07) is 6.73. The normalized spacial score (nSPS) is 20.9. The van der Waals surface area contributed by atoms with Crippen molar-refractivity contribution < 1.29 is 24.3 Å². The number of carbonyl (C=O) groups is 4. The van der Waals surface area contributed by atoms with E-state index in [1.807, 2.05) is 26.0 Å². The summed E-state index contributed by atoms with van der Waals surface area (Å²) < 4.78 is 0. The number of carboxylic acid groups (broad SMARTS) is 1. The maximum absolute atomic E-state index is 13.3. The van der Waals surface area contributed by atoms with Gasteiger partial charge in [-0.15, -0.1) is 0 Å². The fraction of sp³-hybridized carbons (Fsp3) is 0.600. The van der Waals surface area contributed by atoms with Crippen molar-refractivity contribution in [3.63, 3.8) is 0 Å². The van der Waals surface area contributed by atoms with E-state index in [0.717, 1.165) is 25.7 Å². The van der Waals surface area contributed by atoms with Gasteiger partial charge < -0.3 is 26.0 Å². The molecular formula is C25H38N4O5. The number of fused-ring (bicyclic) bond motifs is 1. The third-order valence-corrected chi connectivity index (χ3v) is 6.58. The highest BCUT2D eigenvalue weighted by atomic mass is 16.3. The number of nitrogens with zero attached hydrogens (tertiary/aromatic N) is 1. The van der Waals surface area contributed by atoms with E-state index < -0.39 is 18.1 Å². The molecule has 1 aromatic rings. The quantitative estimate of drug-likeness (QED) is 0.445. The third kappa shape index (κ3) is 6.79. The van der Waals surface area contributed by atoms with Crippen molar-refractivity contribution in [3.8, 4) is 0 Å². The van der Waals surface area contributed by atoms with E-state index in [9.17, 15) is 14.4 Å². The van der Waals surface area contributed by atoms with E-state index in [2.05, 4.69) is 28.1 Å². The predicted octanol–water partition coefficient (Wildman–Crippen LogP) is 1.62. The van der Waals surface area contributed by atoms with Gasteiger partial charge in [0.1, 0.15) is 12.1 Å². The Kier molecular flexibility index (Phi) is 10.5. The van der Waals surface area contributed by atoms with Crippen LogP contribution in [0.5, 0.6) is 0 Å². The molecule has 4 atom stereocenters. The Labute approximate surface area is 201 Å². The summed E-state index contributed by atoms with van der Waals surface area (Å²) in [5, 5.41) is 15.9. The van der Waals surface area contributed by atoms with Crippen molar-refractivity contribution in [1.82, 2.24) is 20.9 Å². The zero-order chi connectivity index (χ0) is 25.3. The van der Waals surface area contributed by atoms with Crippen molar-refractivity contribution in [2.75, 3.05) is 13.6 Å². The molecule has 9 heteroatoms. The molecular weight excluding hydrogens is 436 g/mol. The Morgan fingerprint density at radius 2 is 1.79 bits per heavy atom. The first-order chi connectivity index (χ1) is 16.2. The van der Waals surface area contributed by atoms with Gasteiger partial charge >= 0.3 is 0 Å². The molecule has 0 radical (unpaired) electrons. The van der Waals surface area contributed by atoms with Crippen LogP contribution in [0.25, 0.3) is 0 Å². The summed E-state index contributed by atoms with van der Waals surface area (Å²) in [7, 11) is 1.71. The summed E-state index contributed by atoms with van der Waals surface area (Å²) in [4.78, 5) is 49.0. The Hall–Kier alpha value is -2.94. The molecule has 1 unspecified atom stereocenters. The van der Waals surface area contributed by atoms with Crippen LogP contribution in [0.3, 0.4) is 0 Å². The van der Waals surface area contributed by atoms with Crippen molar-refractivity contribution in [2.24, 2.45) is 5.92 Å². The van der Waals surface area contributed by atoms with Gasteiger partial charge in [0.2, 0.25) is 17.7 Å². The van der Waals surface area contributed by atoms with Crippen LogP contribution in [-0.2, 0) is 25.6 Å². The predicted molar refractivity (Wildman–Crippen MR) is 129 cm³/mol. The average molecular weight is 475 g/mol. The summed E-state index contributed by atoms with van der Waals surface area (Å²) >= 11 is 0. The van der Waals surface area contributed by atoms with Crippen molar-refractivity contribution in [3.05, 3.63) is 35.4 Å². The van der Waals surface area contributed by atoms with E-state index in [0.29, 0.717) is 13.0 Å². The minimum atomic E-state index is -0.646. The number of hydrogen-bond acceptors (Lipinski definition) is 5. The second kappa shape index (κ2) is 13.1. The highest BCUT2D eigenvalue weighted by Gasteiger charge is 2.39. The van der Waals surface area contributed by atoms with Gasteiger partial charge in [-0.1, -0.05) is 38.1 Å². The summed E-state index contributed by atoms with van der Waals surface area (Å²) in [5.74, 6) is -0.554. The highest BCUT2D eigenvalue weighted by molar-refractivity contribution is 5.93. The minimum Gasteiger partial charge on any atom is -0.483 e. The Bertz CT molecular complexity index is 859. The molecule has 3 rings (SSSR count). The lowest BCUT2D eigenvalue weighted by molar-refractivity contribution is -0.142. The number of amides is 3. The number of hydrogen-bond donors (Lipinski definition) is 4. The van der Waals surface area contributed by atoms with E-state index >= 15 is 0 Å². The molecule has 2 aliphatic rings. The first kappa shape index (κ1) is 27.3. The monoisotopic (exact) mass is 474 g/mol. The first-order valence-corrected chi connectivity index (χ1v) is 12.0. The standard InChI is InChI=1S/C24H36N4O3.CH2O2/c1-15(2)21(27-22(29)16(3)25-4)24(31)28-14-8-13-20(28)23(30)26-19-12-7-10-17-9-5-6-11-18(17)19;2-1-3/h5-6,9,11,15-16,19-21,25H,7-8,10,12-14H2,1-4H3,(H,26,30)(H,27,29);1H,(H,2,3)/t16-,19?,20-,21+;/m0./s1. The SMILES string of the molecule is CN[C@@H](C)C(=O)N[C@@H](C(=O)N1CCC[C@H]1C(=O)NC1CCCc2ccccc21)C(C)C.O=CO. The zero-order valence-electron chi connectivity index (χ0n) is 20.5. The molecule has 0 bridgehead atoms. The van der Waals surface area contributed by atoms with Gasteiger partial charge in [-0.3, -0.25) is 19.2 Å². The van der Waals surface area contributed by atoms with Gasteiger partial charge in [0.15, 0.2) is 0 Å². The van der Waals surface area contributed by atoms with Crippen molar-refractivity contribution in [2.45, 2.75) is 77.0 Å². The lowest BCUT2D eigenvalue weighted by Gasteiger charge is -2.33. The minimum absolute atomic E-state index is 0.00733. The smallest absolute Gasteiger partial charge is 0.290 e. The molecule has 1 aliphatic carbocycles. The number of benzene rings is 1. The maximum atomic E-state index is 13.3. The van der Waals surface area contributed by atoms with Crippen LogP contribution < -0.4 is 16.0 Å². The Morgan fingerprint density at radius 3 is 2.44 bits per heavy atom. The fourth-order valence-corrected chi connectivity index (χ4v) is 4.58. The number of rotatable bonds is 7.